The predicted octanol–water partition coefficient (Wildman–Crippen LogP) is -0.643. The second-order valence-electron chi connectivity index (χ2n) is 3.96. The van der Waals surface area contributed by atoms with Crippen LogP contribution in [0, 0.1) is 0 Å². The molecule has 0 aromatic heterocycles. The fraction of sp³-hybridized carbons (Fsp3) is 0.889. The van der Waals surface area contributed by atoms with E-state index in [0.717, 1.165) is 38.9 Å². The van der Waals surface area contributed by atoms with E-state index in [-0.39, 0.29) is 12.2 Å². The summed E-state index contributed by atoms with van der Waals surface area (Å²) in [6.07, 6.45) is 3.39. The maximum absolute atomic E-state index is 11.5. The van der Waals surface area contributed by atoms with Crippen molar-refractivity contribution in [3.8, 4) is 0 Å². The summed E-state index contributed by atoms with van der Waals surface area (Å²) in [6, 6.07) is 0.259. The Hall–Kier alpha value is -0.810. The Balaban J connectivity index is 1.66. The maximum Gasteiger partial charge on any atom is 0.316 e. The molecule has 0 aliphatic carbocycles. The molecule has 4 N–H and O–H groups in total. The molecule has 14 heavy (non-hydrogen) atoms. The van der Waals surface area contributed by atoms with Crippen LogP contribution < -0.4 is 21.3 Å². The summed E-state index contributed by atoms with van der Waals surface area (Å²) in [5, 5.41) is 12.3. The van der Waals surface area contributed by atoms with E-state index >= 15 is 0 Å². The SMILES string of the molecule is O=C(NC1CCNC1)NC1CCCN1. The van der Waals surface area contributed by atoms with Crippen LogP contribution in [0.4, 0.5) is 4.79 Å². The van der Waals surface area contributed by atoms with E-state index in [1.165, 1.54) is 0 Å². The molecule has 0 aromatic carbocycles. The molecular weight excluding hydrogens is 180 g/mol. The minimum atomic E-state index is -0.0434. The van der Waals surface area contributed by atoms with E-state index in [1.54, 1.807) is 0 Å². The molecule has 2 unspecified atom stereocenters. The normalized spacial score (nSPS) is 31.7. The lowest BCUT2D eigenvalue weighted by Gasteiger charge is -2.16. The predicted molar refractivity (Wildman–Crippen MR) is 54.0 cm³/mol. The summed E-state index contributed by atoms with van der Waals surface area (Å²) in [4.78, 5) is 11.5. The third-order valence-electron chi connectivity index (χ3n) is 2.76. The maximum atomic E-state index is 11.5. The standard InChI is InChI=1S/C9H18N4O/c14-9(12-7-3-5-10-6-7)13-8-2-1-4-11-8/h7-8,10-11H,1-6H2,(H2,12,13,14). The summed E-state index contributed by atoms with van der Waals surface area (Å²) in [5.74, 6) is 0. The van der Waals surface area contributed by atoms with Gasteiger partial charge < -0.3 is 16.0 Å². The molecule has 0 bridgehead atoms. The van der Waals surface area contributed by atoms with Crippen molar-refractivity contribution in [2.75, 3.05) is 19.6 Å². The Bertz CT molecular complexity index is 177. The molecule has 2 saturated heterocycles. The molecular formula is C9H18N4O. The zero-order valence-electron chi connectivity index (χ0n) is 8.31. The van der Waals surface area contributed by atoms with Crippen molar-refractivity contribution in [2.24, 2.45) is 0 Å². The molecule has 2 aliphatic rings. The zero-order valence-corrected chi connectivity index (χ0v) is 8.31. The van der Waals surface area contributed by atoms with Crippen LogP contribution in [-0.4, -0.2) is 37.9 Å². The van der Waals surface area contributed by atoms with Gasteiger partial charge in [0, 0.05) is 12.6 Å². The van der Waals surface area contributed by atoms with Gasteiger partial charge in [-0.25, -0.2) is 4.79 Å². The van der Waals surface area contributed by atoms with E-state index in [0.29, 0.717) is 6.04 Å². The lowest BCUT2D eigenvalue weighted by molar-refractivity contribution is 0.232. The Labute approximate surface area is 84.0 Å². The molecule has 0 saturated carbocycles. The molecule has 2 aliphatic heterocycles. The van der Waals surface area contributed by atoms with Crippen molar-refractivity contribution in [1.82, 2.24) is 21.3 Å². The minimum absolute atomic E-state index is 0.0434. The van der Waals surface area contributed by atoms with Gasteiger partial charge >= 0.3 is 6.03 Å². The average molecular weight is 198 g/mol. The minimum Gasteiger partial charge on any atom is -0.334 e. The summed E-state index contributed by atoms with van der Waals surface area (Å²) in [7, 11) is 0. The number of hydrogen-bond donors (Lipinski definition) is 4. The Morgan fingerprint density at radius 3 is 2.79 bits per heavy atom. The Kier molecular flexibility index (Phi) is 3.21. The summed E-state index contributed by atoms with van der Waals surface area (Å²) in [6.45, 7) is 2.91. The number of nitrogens with one attached hydrogen (secondary N) is 4. The molecule has 2 amide bonds. The van der Waals surface area contributed by atoms with Gasteiger partial charge in [-0.2, -0.15) is 0 Å². The third-order valence-corrected chi connectivity index (χ3v) is 2.76. The van der Waals surface area contributed by atoms with Gasteiger partial charge in [0.05, 0.1) is 6.17 Å². The number of amides is 2. The first-order chi connectivity index (χ1) is 6.84. The first-order valence-electron chi connectivity index (χ1n) is 5.36. The van der Waals surface area contributed by atoms with E-state index in [9.17, 15) is 4.79 Å². The average Bonchev–Trinajstić information content (AvgIpc) is 2.76. The van der Waals surface area contributed by atoms with Crippen molar-refractivity contribution in [2.45, 2.75) is 31.5 Å². The van der Waals surface area contributed by atoms with E-state index in [2.05, 4.69) is 21.3 Å². The van der Waals surface area contributed by atoms with Gasteiger partial charge in [-0.15, -0.1) is 0 Å². The van der Waals surface area contributed by atoms with Crippen LogP contribution >= 0.6 is 0 Å². The van der Waals surface area contributed by atoms with Crippen LogP contribution in [0.2, 0.25) is 0 Å². The van der Waals surface area contributed by atoms with Crippen molar-refractivity contribution in [3.05, 3.63) is 0 Å². The van der Waals surface area contributed by atoms with Gasteiger partial charge in [0.1, 0.15) is 0 Å². The quantitative estimate of drug-likeness (QED) is 0.477. The summed E-state index contributed by atoms with van der Waals surface area (Å²) < 4.78 is 0. The van der Waals surface area contributed by atoms with E-state index in [1.807, 2.05) is 0 Å². The van der Waals surface area contributed by atoms with Gasteiger partial charge in [0.25, 0.3) is 0 Å². The molecule has 0 radical (unpaired) electrons. The second-order valence-corrected chi connectivity index (χ2v) is 3.96. The lowest BCUT2D eigenvalue weighted by atomic mass is 10.3. The van der Waals surface area contributed by atoms with E-state index < -0.39 is 0 Å². The van der Waals surface area contributed by atoms with Crippen LogP contribution in [0.15, 0.2) is 0 Å². The van der Waals surface area contributed by atoms with Gasteiger partial charge in [-0.1, -0.05) is 0 Å². The van der Waals surface area contributed by atoms with Crippen LogP contribution in [0.1, 0.15) is 19.3 Å². The van der Waals surface area contributed by atoms with Crippen molar-refractivity contribution in [1.29, 1.82) is 0 Å². The van der Waals surface area contributed by atoms with Crippen LogP contribution in [0.3, 0.4) is 0 Å². The second kappa shape index (κ2) is 4.61. The van der Waals surface area contributed by atoms with Crippen LogP contribution in [0.5, 0.6) is 0 Å². The van der Waals surface area contributed by atoms with Gasteiger partial charge in [-0.3, -0.25) is 5.32 Å². The molecule has 2 heterocycles. The fourth-order valence-corrected chi connectivity index (χ4v) is 1.97. The first-order valence-corrected chi connectivity index (χ1v) is 5.36. The first kappa shape index (κ1) is 9.73. The van der Waals surface area contributed by atoms with E-state index in [4.69, 9.17) is 0 Å². The number of carbonyl (C=O) groups excluding carboxylic acids is 1. The largest absolute Gasteiger partial charge is 0.334 e. The van der Waals surface area contributed by atoms with Gasteiger partial charge in [-0.05, 0) is 32.4 Å². The highest BCUT2D eigenvalue weighted by Crippen LogP contribution is 2.01. The summed E-state index contributed by atoms with van der Waals surface area (Å²) in [5.41, 5.74) is 0. The third kappa shape index (κ3) is 2.59. The highest BCUT2D eigenvalue weighted by Gasteiger charge is 2.19. The summed E-state index contributed by atoms with van der Waals surface area (Å²) >= 11 is 0. The number of hydrogen-bond acceptors (Lipinski definition) is 3. The van der Waals surface area contributed by atoms with Gasteiger partial charge in [0.2, 0.25) is 0 Å². The number of rotatable bonds is 2. The molecule has 2 fully saturated rings. The Morgan fingerprint density at radius 2 is 2.14 bits per heavy atom. The fourth-order valence-electron chi connectivity index (χ4n) is 1.97. The smallest absolute Gasteiger partial charge is 0.316 e. The van der Waals surface area contributed by atoms with Gasteiger partial charge in [0.15, 0.2) is 0 Å². The topological polar surface area (TPSA) is 65.2 Å². The Morgan fingerprint density at radius 1 is 1.21 bits per heavy atom. The highest BCUT2D eigenvalue weighted by atomic mass is 16.2. The number of urea groups is 1. The molecule has 0 spiro atoms. The molecule has 80 valence electrons. The number of carbonyl (C=O) groups is 1. The molecule has 5 heteroatoms. The monoisotopic (exact) mass is 198 g/mol. The van der Waals surface area contributed by atoms with Crippen molar-refractivity contribution in [3.63, 3.8) is 0 Å². The molecule has 5 nitrogen and oxygen atoms in total. The zero-order chi connectivity index (χ0) is 9.80. The van der Waals surface area contributed by atoms with Crippen LogP contribution in [0.25, 0.3) is 0 Å². The lowest BCUT2D eigenvalue weighted by Crippen LogP contribution is -2.49. The molecule has 2 atom stereocenters. The highest BCUT2D eigenvalue weighted by molar-refractivity contribution is 5.74. The molecule has 2 rings (SSSR count). The molecule has 0 aromatic rings. The van der Waals surface area contributed by atoms with Crippen molar-refractivity contribution >= 4 is 6.03 Å². The van der Waals surface area contributed by atoms with Crippen LogP contribution in [-0.2, 0) is 0 Å². The van der Waals surface area contributed by atoms with Crippen molar-refractivity contribution < 1.29 is 4.79 Å².